The Labute approximate surface area is 168 Å². The van der Waals surface area contributed by atoms with Gasteiger partial charge in [-0.25, -0.2) is 0 Å². The Morgan fingerprint density at radius 3 is 2.68 bits per heavy atom. The number of hydrogen-bond acceptors (Lipinski definition) is 2. The van der Waals surface area contributed by atoms with E-state index in [0.717, 1.165) is 31.0 Å². The third-order valence-electron chi connectivity index (χ3n) is 4.36. The summed E-state index contributed by atoms with van der Waals surface area (Å²) in [7, 11) is 1.82. The Kier molecular flexibility index (Phi) is 8.68. The fraction of sp³-hybridized carbons (Fsp3) is 0.579. The van der Waals surface area contributed by atoms with Gasteiger partial charge in [0.2, 0.25) is 0 Å². The minimum absolute atomic E-state index is 0. The summed E-state index contributed by atoms with van der Waals surface area (Å²) in [5.41, 5.74) is 2.13. The molecule has 1 saturated heterocycles. The number of aliphatic imine (C=N–C) groups is 1. The second kappa shape index (κ2) is 9.99. The van der Waals surface area contributed by atoms with E-state index < -0.39 is 0 Å². The van der Waals surface area contributed by atoms with Crippen LogP contribution in [-0.4, -0.2) is 43.4 Å². The fourth-order valence-corrected chi connectivity index (χ4v) is 2.97. The van der Waals surface area contributed by atoms with Crippen LogP contribution in [0.1, 0.15) is 49.5 Å². The maximum absolute atomic E-state index is 12.1. The van der Waals surface area contributed by atoms with Crippen LogP contribution < -0.4 is 10.6 Å². The lowest BCUT2D eigenvalue weighted by molar-refractivity contribution is 0.0953. The summed E-state index contributed by atoms with van der Waals surface area (Å²) >= 11 is 0. The van der Waals surface area contributed by atoms with Gasteiger partial charge in [0.15, 0.2) is 5.96 Å². The minimum atomic E-state index is -0.00984. The molecule has 0 aromatic heterocycles. The Balaban J connectivity index is 0.00000312. The van der Waals surface area contributed by atoms with Gasteiger partial charge in [-0.15, -0.1) is 24.0 Å². The van der Waals surface area contributed by atoms with Gasteiger partial charge in [0.1, 0.15) is 0 Å². The number of carbonyl (C=O) groups excluding carboxylic acids is 1. The third-order valence-corrected chi connectivity index (χ3v) is 4.36. The average molecular weight is 458 g/mol. The van der Waals surface area contributed by atoms with E-state index in [1.807, 2.05) is 38.2 Å². The number of hydrogen-bond donors (Lipinski definition) is 2. The van der Waals surface area contributed by atoms with Gasteiger partial charge < -0.3 is 15.5 Å². The summed E-state index contributed by atoms with van der Waals surface area (Å²) in [6, 6.07) is 7.76. The second-order valence-electron chi connectivity index (χ2n) is 7.19. The molecule has 0 aliphatic carbocycles. The molecule has 140 valence electrons. The molecule has 0 radical (unpaired) electrons. The predicted octanol–water partition coefficient (Wildman–Crippen LogP) is 3.25. The van der Waals surface area contributed by atoms with Gasteiger partial charge in [-0.3, -0.25) is 9.79 Å². The summed E-state index contributed by atoms with van der Waals surface area (Å²) in [6.45, 7) is 10.1. The number of benzene rings is 1. The molecular formula is C19H31IN4O. The fourth-order valence-electron chi connectivity index (χ4n) is 2.97. The van der Waals surface area contributed by atoms with Gasteiger partial charge in [0.05, 0.1) is 0 Å². The number of guanidine groups is 1. The molecule has 1 aliphatic rings. The zero-order valence-electron chi connectivity index (χ0n) is 15.8. The van der Waals surface area contributed by atoms with Gasteiger partial charge in [-0.2, -0.15) is 0 Å². The Bertz CT molecular complexity index is 601. The van der Waals surface area contributed by atoms with E-state index in [0.29, 0.717) is 24.1 Å². The van der Waals surface area contributed by atoms with Crippen molar-refractivity contribution in [3.05, 3.63) is 35.4 Å². The molecule has 1 aromatic rings. The van der Waals surface area contributed by atoms with Crippen LogP contribution in [0.2, 0.25) is 0 Å². The van der Waals surface area contributed by atoms with E-state index in [1.54, 1.807) is 0 Å². The average Bonchev–Trinajstić information content (AvgIpc) is 2.93. The van der Waals surface area contributed by atoms with Crippen molar-refractivity contribution in [2.45, 2.75) is 40.2 Å². The van der Waals surface area contributed by atoms with Crippen molar-refractivity contribution in [2.24, 2.45) is 10.4 Å². The topological polar surface area (TPSA) is 56.7 Å². The molecule has 2 N–H and O–H groups in total. The molecule has 1 aliphatic heterocycles. The van der Waals surface area contributed by atoms with Crippen LogP contribution >= 0.6 is 24.0 Å². The number of likely N-dealkylation sites (tertiary alicyclic amines) is 1. The van der Waals surface area contributed by atoms with Crippen LogP contribution in [0, 0.1) is 5.41 Å². The molecule has 0 bridgehead atoms. The standard InChI is InChI=1S/C19H30N4O.HI/c1-5-10-21-17(24)16-8-6-7-15(12-16)13-22-18(20-4)23-11-9-19(2,3)14-23;/h6-8,12H,5,9-11,13-14H2,1-4H3,(H,20,22)(H,21,24);1H. The molecule has 25 heavy (non-hydrogen) atoms. The van der Waals surface area contributed by atoms with Crippen molar-refractivity contribution in [3.8, 4) is 0 Å². The van der Waals surface area contributed by atoms with E-state index in [4.69, 9.17) is 0 Å². The van der Waals surface area contributed by atoms with Gasteiger partial charge in [-0.05, 0) is 36.0 Å². The van der Waals surface area contributed by atoms with Crippen molar-refractivity contribution in [1.82, 2.24) is 15.5 Å². The predicted molar refractivity (Wildman–Crippen MR) is 115 cm³/mol. The van der Waals surface area contributed by atoms with E-state index in [2.05, 4.69) is 34.4 Å². The Morgan fingerprint density at radius 1 is 1.32 bits per heavy atom. The number of nitrogens with one attached hydrogen (secondary N) is 2. The highest BCUT2D eigenvalue weighted by Gasteiger charge is 2.30. The number of nitrogens with zero attached hydrogens (tertiary/aromatic N) is 2. The highest BCUT2D eigenvalue weighted by molar-refractivity contribution is 14.0. The summed E-state index contributed by atoms with van der Waals surface area (Å²) in [4.78, 5) is 18.8. The van der Waals surface area contributed by atoms with Crippen LogP contribution in [0.4, 0.5) is 0 Å². The third kappa shape index (κ3) is 6.49. The Hall–Kier alpha value is -1.31. The number of rotatable bonds is 5. The molecule has 0 unspecified atom stereocenters. The molecule has 1 aromatic carbocycles. The summed E-state index contributed by atoms with van der Waals surface area (Å²) in [5, 5.41) is 6.33. The van der Waals surface area contributed by atoms with Gasteiger partial charge in [0.25, 0.3) is 5.91 Å². The maximum Gasteiger partial charge on any atom is 0.251 e. The van der Waals surface area contributed by atoms with Crippen LogP contribution in [0.3, 0.4) is 0 Å². The van der Waals surface area contributed by atoms with Crippen LogP contribution in [0.5, 0.6) is 0 Å². The lowest BCUT2D eigenvalue weighted by Gasteiger charge is -2.23. The normalized spacial score (nSPS) is 16.3. The largest absolute Gasteiger partial charge is 0.352 e. The first-order valence-electron chi connectivity index (χ1n) is 8.78. The zero-order valence-corrected chi connectivity index (χ0v) is 18.1. The van der Waals surface area contributed by atoms with Crippen molar-refractivity contribution < 1.29 is 4.79 Å². The van der Waals surface area contributed by atoms with E-state index >= 15 is 0 Å². The first kappa shape index (κ1) is 21.7. The SMILES string of the molecule is CCCNC(=O)c1cccc(CNC(=NC)N2CCC(C)(C)C2)c1.I. The number of amides is 1. The second-order valence-corrected chi connectivity index (χ2v) is 7.19. The first-order valence-corrected chi connectivity index (χ1v) is 8.78. The van der Waals surface area contributed by atoms with Gasteiger partial charge in [0, 0.05) is 38.8 Å². The molecule has 0 saturated carbocycles. The molecule has 0 atom stereocenters. The maximum atomic E-state index is 12.1. The van der Waals surface area contributed by atoms with Crippen LogP contribution in [-0.2, 0) is 6.54 Å². The van der Waals surface area contributed by atoms with E-state index in [9.17, 15) is 4.79 Å². The smallest absolute Gasteiger partial charge is 0.251 e. The van der Waals surface area contributed by atoms with Gasteiger partial charge in [-0.1, -0.05) is 32.9 Å². The van der Waals surface area contributed by atoms with Crippen LogP contribution in [0.15, 0.2) is 29.3 Å². The van der Waals surface area contributed by atoms with Crippen molar-refractivity contribution >= 4 is 35.8 Å². The quantitative estimate of drug-likeness (QED) is 0.405. The van der Waals surface area contributed by atoms with Crippen molar-refractivity contribution in [2.75, 3.05) is 26.7 Å². The molecule has 0 spiro atoms. The summed E-state index contributed by atoms with van der Waals surface area (Å²) in [5.74, 6) is 0.922. The lowest BCUT2D eigenvalue weighted by Crippen LogP contribution is -2.40. The summed E-state index contributed by atoms with van der Waals surface area (Å²) in [6.07, 6.45) is 2.12. The van der Waals surface area contributed by atoms with E-state index in [-0.39, 0.29) is 29.9 Å². The molecule has 1 fully saturated rings. The Morgan fingerprint density at radius 2 is 2.08 bits per heavy atom. The van der Waals surface area contributed by atoms with Gasteiger partial charge >= 0.3 is 0 Å². The summed E-state index contributed by atoms with van der Waals surface area (Å²) < 4.78 is 0. The molecule has 1 heterocycles. The highest BCUT2D eigenvalue weighted by atomic mass is 127. The zero-order chi connectivity index (χ0) is 17.6. The number of carbonyl (C=O) groups is 1. The molecule has 6 heteroatoms. The molecule has 2 rings (SSSR count). The lowest BCUT2D eigenvalue weighted by atomic mass is 9.93. The first-order chi connectivity index (χ1) is 11.4. The van der Waals surface area contributed by atoms with E-state index in [1.165, 1.54) is 6.42 Å². The number of halogens is 1. The van der Waals surface area contributed by atoms with Crippen LogP contribution in [0.25, 0.3) is 0 Å². The molecular weight excluding hydrogens is 427 g/mol. The highest BCUT2D eigenvalue weighted by Crippen LogP contribution is 2.28. The molecule has 1 amide bonds. The van der Waals surface area contributed by atoms with Crippen molar-refractivity contribution in [1.29, 1.82) is 0 Å². The minimum Gasteiger partial charge on any atom is -0.352 e. The van der Waals surface area contributed by atoms with Crippen molar-refractivity contribution in [3.63, 3.8) is 0 Å². The molecule has 5 nitrogen and oxygen atoms in total. The monoisotopic (exact) mass is 458 g/mol.